The first-order chi connectivity index (χ1) is 14.2. The average Bonchev–Trinajstić information content (AvgIpc) is 3.41. The number of rotatable bonds is 3. The summed E-state index contributed by atoms with van der Waals surface area (Å²) in [6.07, 6.45) is 6.88. The third-order valence-electron chi connectivity index (χ3n) is 6.91. The van der Waals surface area contributed by atoms with Crippen molar-refractivity contribution >= 4 is 17.5 Å². The number of nitrogens with zero attached hydrogens (tertiary/aromatic N) is 3. The second kappa shape index (κ2) is 7.30. The first-order valence-electron chi connectivity index (χ1n) is 10.6. The highest BCUT2D eigenvalue weighted by molar-refractivity contribution is 6.03. The van der Waals surface area contributed by atoms with Gasteiger partial charge < -0.3 is 15.5 Å². The number of fused-ring (bicyclic) bond motifs is 1. The number of likely N-dealkylation sites (tertiary alicyclic amines) is 1. The van der Waals surface area contributed by atoms with Crippen molar-refractivity contribution in [3.05, 3.63) is 48.3 Å². The van der Waals surface area contributed by atoms with Gasteiger partial charge in [0.1, 0.15) is 5.54 Å². The lowest BCUT2D eigenvalue weighted by molar-refractivity contribution is -0.144. The summed E-state index contributed by atoms with van der Waals surface area (Å²) in [5.41, 5.74) is 1.46. The highest BCUT2D eigenvalue weighted by Gasteiger charge is 2.46. The van der Waals surface area contributed by atoms with Crippen molar-refractivity contribution in [3.63, 3.8) is 0 Å². The van der Waals surface area contributed by atoms with Crippen molar-refractivity contribution in [3.8, 4) is 0 Å². The maximum atomic E-state index is 13.6. The third kappa shape index (κ3) is 3.04. The molecule has 3 aliphatic heterocycles. The lowest BCUT2D eigenvalue weighted by atomic mass is 9.79. The van der Waals surface area contributed by atoms with Crippen molar-refractivity contribution in [2.24, 2.45) is 5.92 Å². The van der Waals surface area contributed by atoms with Crippen LogP contribution in [0.1, 0.15) is 37.2 Å². The standard InChI is InChI=1S/C22H27N5O2/c28-20-19(17-4-1-2-5-18(17)25-20)16-6-14-26(15-7-16)21(29)22(8-11-23-12-9-22)27-13-3-10-24-27/h1-5,10,13,16,19,23H,6-9,11-12,14-15H2,(H,25,28). The minimum atomic E-state index is -0.584. The molecule has 2 aromatic rings. The van der Waals surface area contributed by atoms with Gasteiger partial charge in [-0.1, -0.05) is 18.2 Å². The number of hydrogen-bond donors (Lipinski definition) is 2. The maximum absolute atomic E-state index is 13.6. The summed E-state index contributed by atoms with van der Waals surface area (Å²) < 4.78 is 1.86. The van der Waals surface area contributed by atoms with E-state index in [-0.39, 0.29) is 23.7 Å². The van der Waals surface area contributed by atoms with Crippen LogP contribution in [0.3, 0.4) is 0 Å². The Kier molecular flexibility index (Phi) is 4.62. The summed E-state index contributed by atoms with van der Waals surface area (Å²) in [7, 11) is 0. The summed E-state index contributed by atoms with van der Waals surface area (Å²) in [6.45, 7) is 3.04. The highest BCUT2D eigenvalue weighted by atomic mass is 16.2. The molecule has 2 N–H and O–H groups in total. The monoisotopic (exact) mass is 393 g/mol. The van der Waals surface area contributed by atoms with Gasteiger partial charge >= 0.3 is 0 Å². The smallest absolute Gasteiger partial charge is 0.250 e. The Morgan fingerprint density at radius 2 is 1.86 bits per heavy atom. The van der Waals surface area contributed by atoms with E-state index in [0.29, 0.717) is 13.1 Å². The van der Waals surface area contributed by atoms with Crippen molar-refractivity contribution in [2.45, 2.75) is 37.1 Å². The summed E-state index contributed by atoms with van der Waals surface area (Å²) in [4.78, 5) is 28.2. The molecule has 0 radical (unpaired) electrons. The molecule has 0 bridgehead atoms. The molecule has 1 aromatic heterocycles. The molecule has 0 saturated carbocycles. The Hall–Kier alpha value is -2.67. The fourth-order valence-corrected chi connectivity index (χ4v) is 5.34. The molecule has 29 heavy (non-hydrogen) atoms. The van der Waals surface area contributed by atoms with Crippen LogP contribution < -0.4 is 10.6 Å². The normalized spacial score (nSPS) is 24.2. The number of carbonyl (C=O) groups excluding carboxylic acids is 2. The van der Waals surface area contributed by atoms with Gasteiger partial charge in [-0.2, -0.15) is 5.10 Å². The predicted molar refractivity (Wildman–Crippen MR) is 109 cm³/mol. The molecule has 2 saturated heterocycles. The van der Waals surface area contributed by atoms with E-state index in [1.54, 1.807) is 6.20 Å². The van der Waals surface area contributed by atoms with Crippen molar-refractivity contribution < 1.29 is 9.59 Å². The highest BCUT2D eigenvalue weighted by Crippen LogP contribution is 2.42. The Labute approximate surface area is 170 Å². The number of carbonyl (C=O) groups is 2. The number of hydrogen-bond acceptors (Lipinski definition) is 4. The first-order valence-corrected chi connectivity index (χ1v) is 10.6. The van der Waals surface area contributed by atoms with Gasteiger partial charge in [0.25, 0.3) is 5.91 Å². The summed E-state index contributed by atoms with van der Waals surface area (Å²) in [5.74, 6) is 0.457. The van der Waals surface area contributed by atoms with E-state index in [4.69, 9.17) is 0 Å². The topological polar surface area (TPSA) is 79.3 Å². The largest absolute Gasteiger partial charge is 0.341 e. The Balaban J connectivity index is 1.32. The fourth-order valence-electron chi connectivity index (χ4n) is 5.34. The van der Waals surface area contributed by atoms with Crippen LogP contribution in [0.4, 0.5) is 5.69 Å². The maximum Gasteiger partial charge on any atom is 0.250 e. The quantitative estimate of drug-likeness (QED) is 0.835. The zero-order chi connectivity index (χ0) is 19.8. The summed E-state index contributed by atoms with van der Waals surface area (Å²) >= 11 is 0. The summed E-state index contributed by atoms with van der Waals surface area (Å²) in [6, 6.07) is 9.86. The van der Waals surface area contributed by atoms with Crippen LogP contribution in [0, 0.1) is 5.92 Å². The van der Waals surface area contributed by atoms with E-state index in [1.165, 1.54) is 0 Å². The molecule has 1 aromatic carbocycles. The lowest BCUT2D eigenvalue weighted by Crippen LogP contribution is -2.57. The van der Waals surface area contributed by atoms with Crippen LogP contribution >= 0.6 is 0 Å². The number of amides is 2. The molecule has 1 unspecified atom stereocenters. The molecule has 7 heteroatoms. The third-order valence-corrected chi connectivity index (χ3v) is 6.91. The van der Waals surface area contributed by atoms with E-state index < -0.39 is 5.54 Å². The van der Waals surface area contributed by atoms with Crippen LogP contribution in [-0.2, 0) is 15.1 Å². The van der Waals surface area contributed by atoms with Gasteiger partial charge in [0.05, 0.1) is 5.92 Å². The number of piperidine rings is 2. The van der Waals surface area contributed by atoms with Gasteiger partial charge in [-0.05, 0) is 62.4 Å². The number of anilines is 1. The van der Waals surface area contributed by atoms with E-state index in [9.17, 15) is 9.59 Å². The lowest BCUT2D eigenvalue weighted by Gasteiger charge is -2.42. The van der Waals surface area contributed by atoms with Gasteiger partial charge in [-0.25, -0.2) is 0 Å². The second-order valence-electron chi connectivity index (χ2n) is 8.42. The van der Waals surface area contributed by atoms with Crippen molar-refractivity contribution in [1.82, 2.24) is 20.0 Å². The zero-order valence-corrected chi connectivity index (χ0v) is 16.5. The van der Waals surface area contributed by atoms with E-state index in [1.807, 2.05) is 40.0 Å². The van der Waals surface area contributed by atoms with Gasteiger partial charge in [-0.3, -0.25) is 14.3 Å². The van der Waals surface area contributed by atoms with Crippen LogP contribution in [0.15, 0.2) is 42.7 Å². The zero-order valence-electron chi connectivity index (χ0n) is 16.5. The molecule has 1 atom stereocenters. The van der Waals surface area contributed by atoms with Crippen LogP contribution in [-0.4, -0.2) is 52.7 Å². The van der Waals surface area contributed by atoms with E-state index in [2.05, 4.69) is 21.8 Å². The van der Waals surface area contributed by atoms with E-state index >= 15 is 0 Å². The van der Waals surface area contributed by atoms with E-state index in [0.717, 1.165) is 50.0 Å². The molecule has 152 valence electrons. The van der Waals surface area contributed by atoms with Crippen LogP contribution in [0.5, 0.6) is 0 Å². The molecule has 3 aliphatic rings. The molecule has 0 aliphatic carbocycles. The number of para-hydroxylation sites is 1. The minimum Gasteiger partial charge on any atom is -0.341 e. The van der Waals surface area contributed by atoms with Crippen molar-refractivity contribution in [2.75, 3.05) is 31.5 Å². The fraction of sp³-hybridized carbons (Fsp3) is 0.500. The molecule has 7 nitrogen and oxygen atoms in total. The summed E-state index contributed by atoms with van der Waals surface area (Å²) in [5, 5.41) is 10.8. The predicted octanol–water partition coefficient (Wildman–Crippen LogP) is 1.94. The number of aromatic nitrogens is 2. The van der Waals surface area contributed by atoms with Gasteiger partial charge in [0.15, 0.2) is 0 Å². The minimum absolute atomic E-state index is 0.0950. The molecule has 2 fully saturated rings. The molecular formula is C22H27N5O2. The SMILES string of the molecule is O=C1Nc2ccccc2C1C1CCN(C(=O)C2(n3cccn3)CCNCC2)CC1. The molecule has 4 heterocycles. The van der Waals surface area contributed by atoms with Crippen LogP contribution in [0.2, 0.25) is 0 Å². The number of nitrogens with one attached hydrogen (secondary N) is 2. The molecule has 2 amide bonds. The van der Waals surface area contributed by atoms with Gasteiger partial charge in [0, 0.05) is 31.2 Å². The van der Waals surface area contributed by atoms with Crippen molar-refractivity contribution in [1.29, 1.82) is 0 Å². The second-order valence-corrected chi connectivity index (χ2v) is 8.42. The Morgan fingerprint density at radius 1 is 1.10 bits per heavy atom. The molecule has 0 spiro atoms. The molecular weight excluding hydrogens is 366 g/mol. The Morgan fingerprint density at radius 3 is 2.59 bits per heavy atom. The average molecular weight is 393 g/mol. The Bertz CT molecular complexity index is 896. The van der Waals surface area contributed by atoms with Gasteiger partial charge in [-0.15, -0.1) is 0 Å². The molecule has 5 rings (SSSR count). The first kappa shape index (κ1) is 18.4. The van der Waals surface area contributed by atoms with Gasteiger partial charge in [0.2, 0.25) is 5.91 Å². The van der Waals surface area contributed by atoms with Crippen LogP contribution in [0.25, 0.3) is 0 Å². The number of benzene rings is 1.